The molecule has 1 heterocycles. The lowest BCUT2D eigenvalue weighted by molar-refractivity contribution is 0.0695. The molecule has 0 aromatic heterocycles. The van der Waals surface area contributed by atoms with E-state index >= 15 is 0 Å². The van der Waals surface area contributed by atoms with Crippen molar-refractivity contribution >= 4 is 23.4 Å². The lowest BCUT2D eigenvalue weighted by Gasteiger charge is -2.32. The van der Waals surface area contributed by atoms with Crippen molar-refractivity contribution in [2.75, 3.05) is 24.6 Å². The molecule has 1 aromatic carbocycles. The molecule has 104 valence electrons. The quantitative estimate of drug-likeness (QED) is 0.828. The van der Waals surface area contributed by atoms with Crippen molar-refractivity contribution in [2.45, 2.75) is 25.1 Å². The Hall–Kier alpha value is -1.20. The molecule has 0 spiro atoms. The molecule has 1 atom stereocenters. The molecular weight excluding hydrogens is 260 g/mol. The van der Waals surface area contributed by atoms with Crippen molar-refractivity contribution in [1.82, 2.24) is 4.90 Å². The lowest BCUT2D eigenvalue weighted by atomic mass is 10.0. The summed E-state index contributed by atoms with van der Waals surface area (Å²) in [4.78, 5) is 13.6. The van der Waals surface area contributed by atoms with Crippen molar-refractivity contribution in [2.24, 2.45) is 0 Å². The fraction of sp³-hybridized carbons (Fsp3) is 0.500. The van der Waals surface area contributed by atoms with Gasteiger partial charge in [-0.2, -0.15) is 11.8 Å². The molecule has 0 bridgehead atoms. The van der Waals surface area contributed by atoms with Crippen molar-refractivity contribution in [3.63, 3.8) is 0 Å². The van der Waals surface area contributed by atoms with Gasteiger partial charge in [0.2, 0.25) is 0 Å². The molecule has 0 aliphatic carbocycles. The van der Waals surface area contributed by atoms with E-state index in [0.717, 1.165) is 30.8 Å². The number of aromatic carboxylic acids is 1. The van der Waals surface area contributed by atoms with Crippen LogP contribution in [-0.4, -0.2) is 40.1 Å². The zero-order valence-electron chi connectivity index (χ0n) is 11.1. The molecule has 3 N–H and O–H groups in total. The van der Waals surface area contributed by atoms with Gasteiger partial charge in [-0.25, -0.2) is 4.79 Å². The largest absolute Gasteiger partial charge is 0.478 e. The fourth-order valence-electron chi connectivity index (χ4n) is 2.42. The number of anilines is 1. The van der Waals surface area contributed by atoms with Crippen molar-refractivity contribution in [3.8, 4) is 0 Å². The molecule has 19 heavy (non-hydrogen) atoms. The molecule has 2 rings (SSSR count). The first-order valence-electron chi connectivity index (χ1n) is 6.56. The van der Waals surface area contributed by atoms with E-state index < -0.39 is 5.97 Å². The summed E-state index contributed by atoms with van der Waals surface area (Å²) in [5, 5.41) is 9.93. The number of hydrogen-bond donors (Lipinski definition) is 2. The number of rotatable bonds is 4. The standard InChI is InChI=1S/C14H20N2O2S/c1-2-11-9-16(6-7-19-11)8-10-4-3-5-12(15)13(10)14(17)18/h3-5,11H,2,6-9,15H2,1H3,(H,17,18). The van der Waals surface area contributed by atoms with Gasteiger partial charge in [0.15, 0.2) is 0 Å². The van der Waals surface area contributed by atoms with E-state index in [2.05, 4.69) is 11.8 Å². The van der Waals surface area contributed by atoms with Crippen LogP contribution in [0.3, 0.4) is 0 Å². The Kier molecular flexibility index (Phi) is 4.71. The maximum absolute atomic E-state index is 11.3. The van der Waals surface area contributed by atoms with Crippen LogP contribution in [0.1, 0.15) is 29.3 Å². The Morgan fingerprint density at radius 2 is 2.37 bits per heavy atom. The smallest absolute Gasteiger partial charge is 0.338 e. The SMILES string of the molecule is CCC1CN(Cc2cccc(N)c2C(=O)O)CCS1. The zero-order valence-corrected chi connectivity index (χ0v) is 11.9. The molecule has 0 amide bonds. The van der Waals surface area contributed by atoms with E-state index in [1.165, 1.54) is 0 Å². The molecule has 1 aromatic rings. The van der Waals surface area contributed by atoms with Crippen LogP contribution in [0.5, 0.6) is 0 Å². The second kappa shape index (κ2) is 6.30. The average Bonchev–Trinajstić information content (AvgIpc) is 2.38. The van der Waals surface area contributed by atoms with Crippen molar-refractivity contribution in [1.29, 1.82) is 0 Å². The summed E-state index contributed by atoms with van der Waals surface area (Å²) in [6.45, 7) is 4.90. The predicted molar refractivity (Wildman–Crippen MR) is 79.6 cm³/mol. The monoisotopic (exact) mass is 280 g/mol. The molecule has 1 saturated heterocycles. The molecule has 1 unspecified atom stereocenters. The number of carboxylic acid groups (broad SMARTS) is 1. The van der Waals surface area contributed by atoms with Gasteiger partial charge in [-0.3, -0.25) is 4.90 Å². The van der Waals surface area contributed by atoms with Crippen LogP contribution in [0, 0.1) is 0 Å². The van der Waals surface area contributed by atoms with Gasteiger partial charge in [0.1, 0.15) is 0 Å². The van der Waals surface area contributed by atoms with Crippen LogP contribution < -0.4 is 5.73 Å². The number of benzene rings is 1. The second-order valence-electron chi connectivity index (χ2n) is 4.82. The molecule has 1 fully saturated rings. The minimum absolute atomic E-state index is 0.258. The topological polar surface area (TPSA) is 66.6 Å². The Morgan fingerprint density at radius 1 is 1.58 bits per heavy atom. The Balaban J connectivity index is 2.14. The number of carbonyl (C=O) groups is 1. The number of thioether (sulfide) groups is 1. The van der Waals surface area contributed by atoms with Gasteiger partial charge in [0.05, 0.1) is 5.56 Å². The first-order chi connectivity index (χ1) is 9.11. The average molecular weight is 280 g/mol. The van der Waals surface area contributed by atoms with Crippen LogP contribution in [-0.2, 0) is 6.54 Å². The third-order valence-electron chi connectivity index (χ3n) is 3.47. The van der Waals surface area contributed by atoms with Crippen LogP contribution in [0.15, 0.2) is 18.2 Å². The number of carboxylic acids is 1. The summed E-state index contributed by atoms with van der Waals surface area (Å²) < 4.78 is 0. The summed E-state index contributed by atoms with van der Waals surface area (Å²) in [7, 11) is 0. The molecule has 0 radical (unpaired) electrons. The van der Waals surface area contributed by atoms with Gasteiger partial charge in [-0.1, -0.05) is 19.1 Å². The van der Waals surface area contributed by atoms with E-state index in [9.17, 15) is 9.90 Å². The third kappa shape index (κ3) is 3.42. The van der Waals surface area contributed by atoms with Gasteiger partial charge < -0.3 is 10.8 Å². The summed E-state index contributed by atoms with van der Waals surface area (Å²) in [6.07, 6.45) is 1.16. The van der Waals surface area contributed by atoms with Crippen LogP contribution in [0.25, 0.3) is 0 Å². The number of hydrogen-bond acceptors (Lipinski definition) is 4. The van der Waals surface area contributed by atoms with Gasteiger partial charge in [-0.05, 0) is 18.1 Å². The van der Waals surface area contributed by atoms with E-state index in [0.29, 0.717) is 17.5 Å². The van der Waals surface area contributed by atoms with Crippen LogP contribution in [0.2, 0.25) is 0 Å². The number of nitrogens with zero attached hydrogens (tertiary/aromatic N) is 1. The Bertz CT molecular complexity index is 465. The first kappa shape index (κ1) is 14.2. The highest BCUT2D eigenvalue weighted by Gasteiger charge is 2.21. The highest BCUT2D eigenvalue weighted by atomic mass is 32.2. The highest BCUT2D eigenvalue weighted by Crippen LogP contribution is 2.24. The van der Waals surface area contributed by atoms with Gasteiger partial charge in [0.25, 0.3) is 0 Å². The molecule has 1 aliphatic rings. The summed E-state index contributed by atoms with van der Waals surface area (Å²) in [6, 6.07) is 5.34. The number of nitrogen functional groups attached to an aromatic ring is 1. The van der Waals surface area contributed by atoms with Crippen LogP contribution in [0.4, 0.5) is 5.69 Å². The summed E-state index contributed by atoms with van der Waals surface area (Å²) in [5.41, 5.74) is 7.20. The minimum Gasteiger partial charge on any atom is -0.478 e. The van der Waals surface area contributed by atoms with Gasteiger partial charge >= 0.3 is 5.97 Å². The molecule has 0 saturated carbocycles. The lowest BCUT2D eigenvalue weighted by Crippen LogP contribution is -2.37. The summed E-state index contributed by atoms with van der Waals surface area (Å²) >= 11 is 2.01. The van der Waals surface area contributed by atoms with Crippen molar-refractivity contribution < 1.29 is 9.90 Å². The van der Waals surface area contributed by atoms with Crippen molar-refractivity contribution in [3.05, 3.63) is 29.3 Å². The van der Waals surface area contributed by atoms with Crippen LogP contribution >= 0.6 is 11.8 Å². The van der Waals surface area contributed by atoms with E-state index in [4.69, 9.17) is 5.73 Å². The summed E-state index contributed by atoms with van der Waals surface area (Å²) in [5.74, 6) is 0.176. The maximum Gasteiger partial charge on any atom is 0.338 e. The van der Waals surface area contributed by atoms with E-state index in [1.54, 1.807) is 6.07 Å². The normalized spacial score (nSPS) is 20.4. The first-order valence-corrected chi connectivity index (χ1v) is 7.61. The minimum atomic E-state index is -0.938. The van der Waals surface area contributed by atoms with Gasteiger partial charge in [-0.15, -0.1) is 0 Å². The molecule has 4 nitrogen and oxygen atoms in total. The fourth-order valence-corrected chi connectivity index (χ4v) is 3.67. The predicted octanol–water partition coefficient (Wildman–Crippen LogP) is 2.29. The maximum atomic E-state index is 11.3. The van der Waals surface area contributed by atoms with Gasteiger partial charge in [0, 0.05) is 36.3 Å². The Labute approximate surface area is 118 Å². The molecule has 1 aliphatic heterocycles. The zero-order chi connectivity index (χ0) is 13.8. The highest BCUT2D eigenvalue weighted by molar-refractivity contribution is 8.00. The van der Waals surface area contributed by atoms with E-state index in [1.807, 2.05) is 23.9 Å². The third-order valence-corrected chi connectivity index (χ3v) is 4.84. The molecule has 5 heteroatoms. The van der Waals surface area contributed by atoms with E-state index in [-0.39, 0.29) is 5.56 Å². The number of nitrogens with two attached hydrogens (primary N) is 1. The second-order valence-corrected chi connectivity index (χ2v) is 6.23. The Morgan fingerprint density at radius 3 is 3.05 bits per heavy atom. The molecular formula is C14H20N2O2S.